The summed E-state index contributed by atoms with van der Waals surface area (Å²) in [5.41, 5.74) is 1.58. The van der Waals surface area contributed by atoms with E-state index in [-0.39, 0.29) is 16.4 Å². The standard InChI is InChI=1S/C16H18O4S/c1-11-4-7-14(8-5-11)21(18,19)12(2)13-6-9-15(17)16(10-13)20-3/h4-10,12,17H,1-3H3/t12-/m0/s1. The normalized spacial score (nSPS) is 12.9. The van der Waals surface area contributed by atoms with Gasteiger partial charge in [0.2, 0.25) is 0 Å². The average molecular weight is 306 g/mol. The smallest absolute Gasteiger partial charge is 0.185 e. The second kappa shape index (κ2) is 5.77. The van der Waals surface area contributed by atoms with Crippen LogP contribution in [0.4, 0.5) is 0 Å². The molecule has 4 nitrogen and oxygen atoms in total. The molecule has 5 heteroatoms. The molecule has 0 bridgehead atoms. The summed E-state index contributed by atoms with van der Waals surface area (Å²) >= 11 is 0. The van der Waals surface area contributed by atoms with Gasteiger partial charge in [-0.25, -0.2) is 8.42 Å². The molecule has 2 aromatic carbocycles. The number of methoxy groups -OCH3 is 1. The molecule has 1 N–H and O–H groups in total. The van der Waals surface area contributed by atoms with Crippen LogP contribution in [0.5, 0.6) is 11.5 Å². The molecule has 0 aromatic heterocycles. The van der Waals surface area contributed by atoms with Crippen LogP contribution in [0.2, 0.25) is 0 Å². The predicted octanol–water partition coefficient (Wildman–Crippen LogP) is 3.24. The van der Waals surface area contributed by atoms with E-state index >= 15 is 0 Å². The Morgan fingerprint density at radius 2 is 1.71 bits per heavy atom. The van der Waals surface area contributed by atoms with E-state index in [9.17, 15) is 13.5 Å². The molecule has 112 valence electrons. The highest BCUT2D eigenvalue weighted by Crippen LogP contribution is 2.34. The minimum absolute atomic E-state index is 0.0128. The summed E-state index contributed by atoms with van der Waals surface area (Å²) in [6.07, 6.45) is 0. The van der Waals surface area contributed by atoms with Gasteiger partial charge in [0.15, 0.2) is 21.3 Å². The number of ether oxygens (including phenoxy) is 1. The van der Waals surface area contributed by atoms with Crippen LogP contribution >= 0.6 is 0 Å². The number of hydrogen-bond donors (Lipinski definition) is 1. The second-order valence-corrected chi connectivity index (χ2v) is 7.20. The average Bonchev–Trinajstić information content (AvgIpc) is 2.47. The maximum absolute atomic E-state index is 12.6. The monoisotopic (exact) mass is 306 g/mol. The van der Waals surface area contributed by atoms with Crippen molar-refractivity contribution in [3.05, 3.63) is 53.6 Å². The molecule has 0 unspecified atom stereocenters. The van der Waals surface area contributed by atoms with Crippen LogP contribution in [-0.4, -0.2) is 20.6 Å². The van der Waals surface area contributed by atoms with Gasteiger partial charge in [-0.2, -0.15) is 0 Å². The van der Waals surface area contributed by atoms with Crippen LogP contribution in [0.15, 0.2) is 47.4 Å². The predicted molar refractivity (Wildman–Crippen MR) is 81.4 cm³/mol. The van der Waals surface area contributed by atoms with Gasteiger partial charge in [0.1, 0.15) is 0 Å². The van der Waals surface area contributed by atoms with Crippen molar-refractivity contribution in [3.8, 4) is 11.5 Å². The number of aromatic hydroxyl groups is 1. The Morgan fingerprint density at radius 1 is 1.10 bits per heavy atom. The summed E-state index contributed by atoms with van der Waals surface area (Å²) in [5, 5.41) is 8.87. The largest absolute Gasteiger partial charge is 0.504 e. The van der Waals surface area contributed by atoms with Crippen LogP contribution in [0.1, 0.15) is 23.3 Å². The maximum atomic E-state index is 12.6. The van der Waals surface area contributed by atoms with Gasteiger partial charge in [-0.15, -0.1) is 0 Å². The van der Waals surface area contributed by atoms with Crippen molar-refractivity contribution < 1.29 is 18.3 Å². The van der Waals surface area contributed by atoms with E-state index in [1.54, 1.807) is 43.3 Å². The minimum atomic E-state index is -3.48. The SMILES string of the molecule is COc1cc([C@H](C)S(=O)(=O)c2ccc(C)cc2)ccc1O. The second-order valence-electron chi connectivity index (χ2n) is 4.93. The zero-order valence-electron chi connectivity index (χ0n) is 12.2. The van der Waals surface area contributed by atoms with Crippen molar-refractivity contribution >= 4 is 9.84 Å². The van der Waals surface area contributed by atoms with Crippen molar-refractivity contribution in [1.29, 1.82) is 0 Å². The third kappa shape index (κ3) is 3.03. The molecular weight excluding hydrogens is 288 g/mol. The first-order chi connectivity index (χ1) is 9.86. The lowest BCUT2D eigenvalue weighted by molar-refractivity contribution is 0.373. The summed E-state index contributed by atoms with van der Waals surface area (Å²) in [4.78, 5) is 0.285. The fourth-order valence-electron chi connectivity index (χ4n) is 2.06. The Bertz CT molecular complexity index is 733. The number of phenolic OH excluding ortho intramolecular Hbond substituents is 1. The van der Waals surface area contributed by atoms with E-state index in [2.05, 4.69) is 0 Å². The molecule has 0 aliphatic carbocycles. The summed E-state index contributed by atoms with van der Waals surface area (Å²) < 4.78 is 30.3. The van der Waals surface area contributed by atoms with E-state index in [1.807, 2.05) is 6.92 Å². The van der Waals surface area contributed by atoms with Gasteiger partial charge in [-0.1, -0.05) is 23.8 Å². The first-order valence-corrected chi connectivity index (χ1v) is 8.08. The third-order valence-electron chi connectivity index (χ3n) is 3.49. The zero-order chi connectivity index (χ0) is 15.6. The molecule has 0 aliphatic rings. The fraction of sp³-hybridized carbons (Fsp3) is 0.250. The molecule has 2 rings (SSSR count). The highest BCUT2D eigenvalue weighted by molar-refractivity contribution is 7.91. The molecule has 0 saturated heterocycles. The quantitative estimate of drug-likeness (QED) is 0.942. The number of phenols is 1. The van der Waals surface area contributed by atoms with Gasteiger partial charge >= 0.3 is 0 Å². The van der Waals surface area contributed by atoms with E-state index in [1.165, 1.54) is 13.2 Å². The summed E-state index contributed by atoms with van der Waals surface area (Å²) in [6, 6.07) is 11.3. The first-order valence-electron chi connectivity index (χ1n) is 6.53. The molecular formula is C16H18O4S. The van der Waals surface area contributed by atoms with Gasteiger partial charge < -0.3 is 9.84 Å². The lowest BCUT2D eigenvalue weighted by Crippen LogP contribution is -2.10. The number of sulfone groups is 1. The van der Waals surface area contributed by atoms with Gasteiger partial charge in [0.05, 0.1) is 17.3 Å². The Kier molecular flexibility index (Phi) is 4.23. The van der Waals surface area contributed by atoms with Crippen LogP contribution < -0.4 is 4.74 Å². The molecule has 0 fully saturated rings. The summed E-state index contributed by atoms with van der Waals surface area (Å²) in [7, 11) is -2.06. The van der Waals surface area contributed by atoms with E-state index < -0.39 is 15.1 Å². The zero-order valence-corrected chi connectivity index (χ0v) is 13.0. The van der Waals surface area contributed by atoms with E-state index in [4.69, 9.17) is 4.74 Å². The molecule has 0 aliphatic heterocycles. The molecule has 0 radical (unpaired) electrons. The lowest BCUT2D eigenvalue weighted by atomic mass is 10.1. The highest BCUT2D eigenvalue weighted by atomic mass is 32.2. The highest BCUT2D eigenvalue weighted by Gasteiger charge is 2.25. The Morgan fingerprint density at radius 3 is 2.29 bits per heavy atom. The number of rotatable bonds is 4. The molecule has 0 heterocycles. The molecule has 1 atom stereocenters. The van der Waals surface area contributed by atoms with Crippen LogP contribution in [-0.2, 0) is 9.84 Å². The molecule has 0 saturated carbocycles. The number of aryl methyl sites for hydroxylation is 1. The van der Waals surface area contributed by atoms with Gasteiger partial charge in [-0.3, -0.25) is 0 Å². The Hall–Kier alpha value is -2.01. The Balaban J connectivity index is 2.42. The fourth-order valence-corrected chi connectivity index (χ4v) is 3.49. The van der Waals surface area contributed by atoms with Crippen LogP contribution in [0.3, 0.4) is 0 Å². The maximum Gasteiger partial charge on any atom is 0.185 e. The molecule has 21 heavy (non-hydrogen) atoms. The van der Waals surface area contributed by atoms with Crippen molar-refractivity contribution in [2.75, 3.05) is 7.11 Å². The number of hydrogen-bond acceptors (Lipinski definition) is 4. The van der Waals surface area contributed by atoms with Crippen LogP contribution in [0, 0.1) is 6.92 Å². The van der Waals surface area contributed by atoms with Crippen molar-refractivity contribution in [2.45, 2.75) is 24.0 Å². The summed E-state index contributed by atoms with van der Waals surface area (Å²) in [5.74, 6) is 0.250. The first kappa shape index (κ1) is 15.4. The van der Waals surface area contributed by atoms with Gasteiger partial charge in [0.25, 0.3) is 0 Å². The van der Waals surface area contributed by atoms with Crippen LogP contribution in [0.25, 0.3) is 0 Å². The number of benzene rings is 2. The summed E-state index contributed by atoms with van der Waals surface area (Å²) in [6.45, 7) is 3.53. The van der Waals surface area contributed by atoms with Crippen molar-refractivity contribution in [3.63, 3.8) is 0 Å². The molecule has 0 spiro atoms. The van der Waals surface area contributed by atoms with Gasteiger partial charge in [0, 0.05) is 0 Å². The van der Waals surface area contributed by atoms with E-state index in [0.717, 1.165) is 5.56 Å². The van der Waals surface area contributed by atoms with Crippen molar-refractivity contribution in [2.24, 2.45) is 0 Å². The lowest BCUT2D eigenvalue weighted by Gasteiger charge is -2.15. The Labute approximate surface area is 124 Å². The topological polar surface area (TPSA) is 63.6 Å². The van der Waals surface area contributed by atoms with E-state index in [0.29, 0.717) is 5.56 Å². The molecule has 2 aromatic rings. The van der Waals surface area contributed by atoms with Crippen molar-refractivity contribution in [1.82, 2.24) is 0 Å². The third-order valence-corrected chi connectivity index (χ3v) is 5.62. The molecule has 0 amide bonds. The minimum Gasteiger partial charge on any atom is -0.504 e. The van der Waals surface area contributed by atoms with Gasteiger partial charge in [-0.05, 0) is 43.7 Å².